The van der Waals surface area contributed by atoms with E-state index in [1.165, 1.54) is 12.1 Å². The zero-order valence-corrected chi connectivity index (χ0v) is 11.7. The van der Waals surface area contributed by atoms with Crippen LogP contribution in [-0.4, -0.2) is 28.3 Å². The van der Waals surface area contributed by atoms with Crippen LogP contribution in [-0.2, 0) is 4.79 Å². The van der Waals surface area contributed by atoms with Gasteiger partial charge in [0.25, 0.3) is 5.69 Å². The van der Waals surface area contributed by atoms with Gasteiger partial charge in [-0.1, -0.05) is 26.0 Å². The van der Waals surface area contributed by atoms with E-state index in [-0.39, 0.29) is 23.8 Å². The molecule has 108 valence electrons. The van der Waals surface area contributed by atoms with Crippen molar-refractivity contribution in [1.82, 2.24) is 10.2 Å². The lowest BCUT2D eigenvalue weighted by molar-refractivity contribution is -0.385. The third kappa shape index (κ3) is 2.65. The molecule has 0 saturated carbocycles. The molecule has 0 aromatic heterocycles. The number of nitro groups is 1. The van der Waals surface area contributed by atoms with Crippen LogP contribution in [0.15, 0.2) is 24.3 Å². The zero-order valence-electron chi connectivity index (χ0n) is 11.7. The van der Waals surface area contributed by atoms with Crippen LogP contribution >= 0.6 is 0 Å². The molecule has 20 heavy (non-hydrogen) atoms. The van der Waals surface area contributed by atoms with Crippen LogP contribution in [0, 0.1) is 10.1 Å². The maximum atomic E-state index is 12.3. The van der Waals surface area contributed by atoms with Gasteiger partial charge in [0.1, 0.15) is 6.17 Å². The lowest BCUT2D eigenvalue weighted by Crippen LogP contribution is -2.31. The summed E-state index contributed by atoms with van der Waals surface area (Å²) >= 11 is 0. The largest absolute Gasteiger partial charge is 0.322 e. The highest BCUT2D eigenvalue weighted by Gasteiger charge is 2.38. The van der Waals surface area contributed by atoms with Gasteiger partial charge in [-0.15, -0.1) is 0 Å². The van der Waals surface area contributed by atoms with E-state index in [2.05, 4.69) is 5.32 Å². The fourth-order valence-corrected chi connectivity index (χ4v) is 2.54. The summed E-state index contributed by atoms with van der Waals surface area (Å²) in [6.45, 7) is 4.61. The summed E-state index contributed by atoms with van der Waals surface area (Å²) < 4.78 is 0. The van der Waals surface area contributed by atoms with Crippen LogP contribution in [0.25, 0.3) is 0 Å². The highest BCUT2D eigenvalue weighted by Crippen LogP contribution is 2.28. The predicted molar refractivity (Wildman–Crippen MR) is 75.1 cm³/mol. The molecule has 1 aromatic rings. The van der Waals surface area contributed by atoms with E-state index in [1.807, 2.05) is 19.9 Å². The van der Waals surface area contributed by atoms with E-state index in [1.54, 1.807) is 11.0 Å². The Morgan fingerprint density at radius 2 is 2.15 bits per heavy atom. The second-order valence-corrected chi connectivity index (χ2v) is 4.91. The number of non-ortho nitro benzene ring substituents is 1. The molecular formula is C14H19N3O3. The summed E-state index contributed by atoms with van der Waals surface area (Å²) in [5.74, 6) is 0.0749. The van der Waals surface area contributed by atoms with Crippen molar-refractivity contribution in [1.29, 1.82) is 0 Å². The van der Waals surface area contributed by atoms with Gasteiger partial charge in [0.05, 0.1) is 11.0 Å². The molecule has 1 fully saturated rings. The smallest absolute Gasteiger partial charge is 0.269 e. The Bertz CT molecular complexity index is 518. The number of hydrogen-bond acceptors (Lipinski definition) is 4. The fourth-order valence-electron chi connectivity index (χ4n) is 2.54. The van der Waals surface area contributed by atoms with Crippen LogP contribution in [0.4, 0.5) is 5.69 Å². The molecule has 2 rings (SSSR count). The highest BCUT2D eigenvalue weighted by molar-refractivity contribution is 5.84. The van der Waals surface area contributed by atoms with Crippen molar-refractivity contribution in [2.45, 2.75) is 38.9 Å². The van der Waals surface area contributed by atoms with Crippen molar-refractivity contribution < 1.29 is 9.72 Å². The summed E-state index contributed by atoms with van der Waals surface area (Å²) in [6.07, 6.45) is 1.30. The molecule has 1 aromatic carbocycles. The molecule has 1 amide bonds. The minimum atomic E-state index is -0.415. The summed E-state index contributed by atoms with van der Waals surface area (Å²) in [4.78, 5) is 24.5. The second kappa shape index (κ2) is 6.00. The molecule has 1 aliphatic rings. The molecule has 2 unspecified atom stereocenters. The Morgan fingerprint density at radius 1 is 1.40 bits per heavy atom. The SMILES string of the molecule is CCCN1C(=O)C(CC)NC1c1cccc([N+](=O)[O-])c1. The van der Waals surface area contributed by atoms with E-state index in [0.717, 1.165) is 12.0 Å². The van der Waals surface area contributed by atoms with Crippen LogP contribution < -0.4 is 5.32 Å². The molecule has 1 aliphatic heterocycles. The predicted octanol–water partition coefficient (Wildman–Crippen LogP) is 2.21. The lowest BCUT2D eigenvalue weighted by atomic mass is 10.1. The first-order valence-electron chi connectivity index (χ1n) is 6.89. The zero-order chi connectivity index (χ0) is 14.7. The summed E-state index contributed by atoms with van der Waals surface area (Å²) in [7, 11) is 0. The van der Waals surface area contributed by atoms with Gasteiger partial charge in [-0.05, 0) is 18.4 Å². The van der Waals surface area contributed by atoms with Crippen molar-refractivity contribution >= 4 is 11.6 Å². The second-order valence-electron chi connectivity index (χ2n) is 4.91. The molecule has 0 aliphatic carbocycles. The van der Waals surface area contributed by atoms with Crippen molar-refractivity contribution in [3.63, 3.8) is 0 Å². The van der Waals surface area contributed by atoms with Gasteiger partial charge < -0.3 is 4.90 Å². The van der Waals surface area contributed by atoms with Crippen LogP contribution in [0.1, 0.15) is 38.4 Å². The lowest BCUT2D eigenvalue weighted by Gasteiger charge is -2.23. The molecule has 0 spiro atoms. The van der Waals surface area contributed by atoms with Crippen molar-refractivity contribution in [3.8, 4) is 0 Å². The van der Waals surface area contributed by atoms with Gasteiger partial charge in [-0.25, -0.2) is 0 Å². The van der Waals surface area contributed by atoms with Crippen LogP contribution in [0.3, 0.4) is 0 Å². The van der Waals surface area contributed by atoms with Gasteiger partial charge in [0.2, 0.25) is 5.91 Å². The molecule has 0 bridgehead atoms. The first-order chi connectivity index (χ1) is 9.58. The molecule has 1 saturated heterocycles. The maximum absolute atomic E-state index is 12.3. The number of benzene rings is 1. The van der Waals surface area contributed by atoms with E-state index in [9.17, 15) is 14.9 Å². The van der Waals surface area contributed by atoms with Gasteiger partial charge >= 0.3 is 0 Å². The normalized spacial score (nSPS) is 22.3. The number of nitrogens with zero attached hydrogens (tertiary/aromatic N) is 2. The van der Waals surface area contributed by atoms with Gasteiger partial charge in [0, 0.05) is 18.7 Å². The molecule has 2 atom stereocenters. The molecular weight excluding hydrogens is 258 g/mol. The Labute approximate surface area is 117 Å². The maximum Gasteiger partial charge on any atom is 0.269 e. The monoisotopic (exact) mass is 277 g/mol. The van der Waals surface area contributed by atoms with Crippen molar-refractivity contribution in [3.05, 3.63) is 39.9 Å². The van der Waals surface area contributed by atoms with E-state index < -0.39 is 4.92 Å². The van der Waals surface area contributed by atoms with Crippen molar-refractivity contribution in [2.75, 3.05) is 6.54 Å². The molecule has 6 nitrogen and oxygen atoms in total. The summed E-state index contributed by atoms with van der Waals surface area (Å²) in [5.41, 5.74) is 0.810. The Hall–Kier alpha value is -1.95. The number of rotatable bonds is 5. The first-order valence-corrected chi connectivity index (χ1v) is 6.89. The first kappa shape index (κ1) is 14.5. The van der Waals surface area contributed by atoms with Crippen LogP contribution in [0.5, 0.6) is 0 Å². The quantitative estimate of drug-likeness (QED) is 0.661. The van der Waals surface area contributed by atoms with Gasteiger partial charge in [-0.2, -0.15) is 0 Å². The molecule has 1 N–H and O–H groups in total. The Morgan fingerprint density at radius 3 is 2.75 bits per heavy atom. The molecule has 0 radical (unpaired) electrons. The number of nitro benzene ring substituents is 1. The van der Waals surface area contributed by atoms with Crippen LogP contribution in [0.2, 0.25) is 0 Å². The van der Waals surface area contributed by atoms with Crippen molar-refractivity contribution in [2.24, 2.45) is 0 Å². The number of carbonyl (C=O) groups excluding carboxylic acids is 1. The average Bonchev–Trinajstić information content (AvgIpc) is 2.76. The van der Waals surface area contributed by atoms with E-state index in [4.69, 9.17) is 0 Å². The van der Waals surface area contributed by atoms with E-state index >= 15 is 0 Å². The summed E-state index contributed by atoms with van der Waals surface area (Å²) in [5, 5.41) is 14.1. The number of carbonyl (C=O) groups is 1. The fraction of sp³-hybridized carbons (Fsp3) is 0.500. The number of nitrogens with one attached hydrogen (secondary N) is 1. The summed E-state index contributed by atoms with van der Waals surface area (Å²) in [6, 6.07) is 6.26. The molecule has 1 heterocycles. The third-order valence-electron chi connectivity index (χ3n) is 3.52. The highest BCUT2D eigenvalue weighted by atomic mass is 16.6. The van der Waals surface area contributed by atoms with Gasteiger partial charge in [0.15, 0.2) is 0 Å². The third-order valence-corrected chi connectivity index (χ3v) is 3.52. The Kier molecular flexibility index (Phi) is 4.34. The minimum Gasteiger partial charge on any atom is -0.322 e. The standard InChI is InChI=1S/C14H19N3O3/c1-3-8-16-13(15-12(4-2)14(16)18)10-6-5-7-11(9-10)17(19)20/h5-7,9,12-13,15H,3-4,8H2,1-2H3. The average molecular weight is 277 g/mol. The number of hydrogen-bond donors (Lipinski definition) is 1. The molecule has 6 heteroatoms. The number of amides is 1. The van der Waals surface area contributed by atoms with Gasteiger partial charge in [-0.3, -0.25) is 20.2 Å². The topological polar surface area (TPSA) is 75.5 Å². The Balaban J connectivity index is 2.32. The van der Waals surface area contributed by atoms with E-state index in [0.29, 0.717) is 13.0 Å². The minimum absolute atomic E-state index is 0.0492.